The van der Waals surface area contributed by atoms with Crippen LogP contribution in [0, 0.1) is 13.8 Å². The van der Waals surface area contributed by atoms with E-state index in [0.717, 1.165) is 5.69 Å². The maximum atomic E-state index is 5.93. The van der Waals surface area contributed by atoms with Gasteiger partial charge in [0.15, 0.2) is 0 Å². The second kappa shape index (κ2) is 5.45. The SMILES string of the molecule is Cc1ccc(Nc2nc(Cl)nc(-n3cncn3)n2)cc1C. The fourth-order valence-corrected chi connectivity index (χ4v) is 1.91. The van der Waals surface area contributed by atoms with Gasteiger partial charge in [-0.05, 0) is 48.7 Å². The van der Waals surface area contributed by atoms with Crippen molar-refractivity contribution in [2.45, 2.75) is 13.8 Å². The van der Waals surface area contributed by atoms with Crippen LogP contribution in [0.5, 0.6) is 0 Å². The molecule has 0 aliphatic rings. The van der Waals surface area contributed by atoms with Gasteiger partial charge in [-0.15, -0.1) is 0 Å². The molecule has 21 heavy (non-hydrogen) atoms. The first-order valence-electron chi connectivity index (χ1n) is 6.23. The van der Waals surface area contributed by atoms with Gasteiger partial charge in [-0.1, -0.05) is 6.07 Å². The highest BCUT2D eigenvalue weighted by atomic mass is 35.5. The molecule has 1 aromatic carbocycles. The minimum Gasteiger partial charge on any atom is -0.324 e. The average Bonchev–Trinajstić information content (AvgIpc) is 2.96. The lowest BCUT2D eigenvalue weighted by Crippen LogP contribution is -2.07. The summed E-state index contributed by atoms with van der Waals surface area (Å²) in [7, 11) is 0. The second-order valence-corrected chi connectivity index (χ2v) is 4.83. The molecule has 0 radical (unpaired) electrons. The quantitative estimate of drug-likeness (QED) is 0.800. The molecule has 0 saturated heterocycles. The predicted molar refractivity (Wildman–Crippen MR) is 79.0 cm³/mol. The molecule has 0 bridgehead atoms. The molecule has 0 aliphatic heterocycles. The maximum absolute atomic E-state index is 5.93. The van der Waals surface area contributed by atoms with Gasteiger partial charge in [0.25, 0.3) is 5.95 Å². The number of hydrogen-bond acceptors (Lipinski definition) is 6. The van der Waals surface area contributed by atoms with Crippen LogP contribution < -0.4 is 5.32 Å². The Morgan fingerprint density at radius 3 is 2.67 bits per heavy atom. The van der Waals surface area contributed by atoms with Gasteiger partial charge < -0.3 is 5.32 Å². The van der Waals surface area contributed by atoms with E-state index in [9.17, 15) is 0 Å². The van der Waals surface area contributed by atoms with E-state index >= 15 is 0 Å². The van der Waals surface area contributed by atoms with E-state index in [1.807, 2.05) is 25.1 Å². The zero-order chi connectivity index (χ0) is 14.8. The van der Waals surface area contributed by atoms with Crippen molar-refractivity contribution in [1.29, 1.82) is 0 Å². The fourth-order valence-electron chi connectivity index (χ4n) is 1.76. The molecule has 0 aliphatic carbocycles. The largest absolute Gasteiger partial charge is 0.324 e. The lowest BCUT2D eigenvalue weighted by molar-refractivity contribution is 0.796. The van der Waals surface area contributed by atoms with E-state index in [1.54, 1.807) is 0 Å². The number of rotatable bonds is 3. The smallest absolute Gasteiger partial charge is 0.258 e. The summed E-state index contributed by atoms with van der Waals surface area (Å²) in [4.78, 5) is 16.2. The van der Waals surface area contributed by atoms with E-state index in [4.69, 9.17) is 11.6 Å². The highest BCUT2D eigenvalue weighted by Gasteiger charge is 2.08. The number of anilines is 2. The van der Waals surface area contributed by atoms with Crippen LogP contribution in [0.4, 0.5) is 11.6 Å². The van der Waals surface area contributed by atoms with Gasteiger partial charge in [-0.25, -0.2) is 4.98 Å². The van der Waals surface area contributed by atoms with Crippen molar-refractivity contribution in [3.63, 3.8) is 0 Å². The summed E-state index contributed by atoms with van der Waals surface area (Å²) >= 11 is 5.93. The molecule has 7 nitrogen and oxygen atoms in total. The van der Waals surface area contributed by atoms with Crippen LogP contribution in [-0.2, 0) is 0 Å². The second-order valence-electron chi connectivity index (χ2n) is 4.49. The van der Waals surface area contributed by atoms with Gasteiger partial charge in [-0.2, -0.15) is 24.7 Å². The number of hydrogen-bond donors (Lipinski definition) is 1. The summed E-state index contributed by atoms with van der Waals surface area (Å²) in [6.07, 6.45) is 2.89. The van der Waals surface area contributed by atoms with Crippen molar-refractivity contribution in [3.05, 3.63) is 47.3 Å². The number of nitrogens with one attached hydrogen (secondary N) is 1. The molecule has 0 atom stereocenters. The number of benzene rings is 1. The van der Waals surface area contributed by atoms with E-state index in [-0.39, 0.29) is 5.28 Å². The number of nitrogens with zero attached hydrogens (tertiary/aromatic N) is 6. The first kappa shape index (κ1) is 13.4. The highest BCUT2D eigenvalue weighted by Crippen LogP contribution is 2.18. The standard InChI is InChI=1S/C13H12ClN7/c1-8-3-4-10(5-9(8)2)17-12-18-11(14)19-13(20-12)21-7-15-6-16-21/h3-7H,1-2H3,(H,17,18,19,20). The Kier molecular flexibility index (Phi) is 3.49. The highest BCUT2D eigenvalue weighted by molar-refractivity contribution is 6.28. The van der Waals surface area contributed by atoms with Crippen LogP contribution in [0.3, 0.4) is 0 Å². The summed E-state index contributed by atoms with van der Waals surface area (Å²) in [5.41, 5.74) is 3.28. The predicted octanol–water partition coefficient (Wildman–Crippen LogP) is 2.47. The van der Waals surface area contributed by atoms with E-state index < -0.39 is 0 Å². The van der Waals surface area contributed by atoms with Crippen LogP contribution in [-0.4, -0.2) is 29.7 Å². The zero-order valence-electron chi connectivity index (χ0n) is 11.4. The van der Waals surface area contributed by atoms with Crippen LogP contribution in [0.2, 0.25) is 5.28 Å². The van der Waals surface area contributed by atoms with E-state index in [2.05, 4.69) is 37.3 Å². The van der Waals surface area contributed by atoms with Gasteiger partial charge in [-0.3, -0.25) is 0 Å². The lowest BCUT2D eigenvalue weighted by Gasteiger charge is -2.08. The van der Waals surface area contributed by atoms with Gasteiger partial charge >= 0.3 is 0 Å². The molecule has 0 amide bonds. The molecule has 1 N–H and O–H groups in total. The molecule has 8 heteroatoms. The van der Waals surface area contributed by atoms with Crippen molar-refractivity contribution in [3.8, 4) is 5.95 Å². The topological polar surface area (TPSA) is 81.4 Å². The summed E-state index contributed by atoms with van der Waals surface area (Å²) in [5.74, 6) is 0.655. The molecule has 0 fully saturated rings. The van der Waals surface area contributed by atoms with Gasteiger partial charge in [0.1, 0.15) is 12.7 Å². The third kappa shape index (κ3) is 2.97. The number of aromatic nitrogens is 6. The molecule has 0 saturated carbocycles. The minimum absolute atomic E-state index is 0.0850. The third-order valence-corrected chi connectivity index (χ3v) is 3.15. The first-order chi connectivity index (χ1) is 10.1. The van der Waals surface area contributed by atoms with Crippen molar-refractivity contribution in [2.75, 3.05) is 5.32 Å². The Bertz CT molecular complexity index is 770. The van der Waals surface area contributed by atoms with Crippen molar-refractivity contribution in [2.24, 2.45) is 0 Å². The Labute approximate surface area is 126 Å². The fraction of sp³-hybridized carbons (Fsp3) is 0.154. The number of aryl methyl sites for hydroxylation is 2. The summed E-state index contributed by atoms with van der Waals surface area (Å²) < 4.78 is 1.42. The Morgan fingerprint density at radius 1 is 1.10 bits per heavy atom. The molecule has 3 rings (SSSR count). The molecule has 0 unspecified atom stereocenters. The van der Waals surface area contributed by atoms with Crippen molar-refractivity contribution < 1.29 is 0 Å². The normalized spacial score (nSPS) is 10.6. The molecule has 3 aromatic rings. The molecule has 2 aromatic heterocycles. The average molecular weight is 302 g/mol. The first-order valence-corrected chi connectivity index (χ1v) is 6.60. The Balaban J connectivity index is 1.93. The van der Waals surface area contributed by atoms with Crippen LogP contribution in [0.1, 0.15) is 11.1 Å². The van der Waals surface area contributed by atoms with Gasteiger partial charge in [0.05, 0.1) is 0 Å². The van der Waals surface area contributed by atoms with Gasteiger partial charge in [0.2, 0.25) is 11.2 Å². The molecule has 0 spiro atoms. The van der Waals surface area contributed by atoms with Crippen LogP contribution in [0.15, 0.2) is 30.9 Å². The Hall–Kier alpha value is -2.54. The molecular formula is C13H12ClN7. The summed E-state index contributed by atoms with van der Waals surface area (Å²) in [6.45, 7) is 4.10. The van der Waals surface area contributed by atoms with E-state index in [0.29, 0.717) is 11.9 Å². The van der Waals surface area contributed by atoms with Crippen molar-refractivity contribution in [1.82, 2.24) is 29.7 Å². The minimum atomic E-state index is 0.0850. The molecule has 2 heterocycles. The van der Waals surface area contributed by atoms with Crippen LogP contribution in [0.25, 0.3) is 5.95 Å². The van der Waals surface area contributed by atoms with E-state index in [1.165, 1.54) is 28.5 Å². The maximum Gasteiger partial charge on any atom is 0.258 e. The third-order valence-electron chi connectivity index (χ3n) is 2.98. The van der Waals surface area contributed by atoms with Gasteiger partial charge in [0, 0.05) is 5.69 Å². The monoisotopic (exact) mass is 301 g/mol. The lowest BCUT2D eigenvalue weighted by atomic mass is 10.1. The van der Waals surface area contributed by atoms with Crippen molar-refractivity contribution >= 4 is 23.2 Å². The molecular weight excluding hydrogens is 290 g/mol. The van der Waals surface area contributed by atoms with Crippen LogP contribution >= 0.6 is 11.6 Å². The summed E-state index contributed by atoms with van der Waals surface area (Å²) in [5, 5.41) is 7.16. The zero-order valence-corrected chi connectivity index (χ0v) is 12.2. The number of halogens is 1. The summed E-state index contributed by atoms with van der Waals surface area (Å²) in [6, 6.07) is 6.00. The molecule has 106 valence electrons. The Morgan fingerprint density at radius 2 is 1.95 bits per heavy atom.